The molecule has 0 fully saturated rings. The van der Waals surface area contributed by atoms with Gasteiger partial charge in [0.2, 0.25) is 5.91 Å². The molecule has 138 valence electrons. The molecule has 7 heteroatoms. The highest BCUT2D eigenvalue weighted by Crippen LogP contribution is 2.39. The molecule has 0 aliphatic heterocycles. The fourth-order valence-electron chi connectivity index (χ4n) is 2.83. The Kier molecular flexibility index (Phi) is 5.18. The Morgan fingerprint density at radius 3 is 2.75 bits per heavy atom. The molecule has 1 aromatic carbocycles. The highest BCUT2D eigenvalue weighted by Gasteiger charge is 2.13. The van der Waals surface area contributed by atoms with Gasteiger partial charge in [-0.3, -0.25) is 9.78 Å². The van der Waals surface area contributed by atoms with Crippen molar-refractivity contribution >= 4 is 60.8 Å². The number of carbonyl (C=O) groups is 1. The monoisotopic (exact) mass is 450 g/mol. The summed E-state index contributed by atoms with van der Waals surface area (Å²) in [6, 6.07) is 11.6. The van der Waals surface area contributed by atoms with E-state index < -0.39 is 0 Å². The van der Waals surface area contributed by atoms with E-state index in [1.54, 1.807) is 48.1 Å². The second-order valence-electron chi connectivity index (χ2n) is 6.02. The summed E-state index contributed by atoms with van der Waals surface area (Å²) in [6.07, 6.45) is 8.18. The van der Waals surface area contributed by atoms with Crippen molar-refractivity contribution in [3.05, 3.63) is 76.5 Å². The maximum Gasteiger partial charge on any atom is 0.248 e. The van der Waals surface area contributed by atoms with E-state index >= 15 is 0 Å². The maximum absolute atomic E-state index is 12.2. The first kappa shape index (κ1) is 18.3. The molecule has 0 saturated carbocycles. The van der Waals surface area contributed by atoms with Crippen LogP contribution in [0.25, 0.3) is 27.3 Å². The van der Waals surface area contributed by atoms with Crippen molar-refractivity contribution in [1.82, 2.24) is 9.97 Å². The fourth-order valence-corrected chi connectivity index (χ4v) is 4.18. The van der Waals surface area contributed by atoms with Crippen molar-refractivity contribution in [3.8, 4) is 11.1 Å². The zero-order chi connectivity index (χ0) is 19.5. The van der Waals surface area contributed by atoms with E-state index in [1.807, 2.05) is 24.3 Å². The summed E-state index contributed by atoms with van der Waals surface area (Å²) in [5.74, 6) is 0.244. The molecular weight excluding hydrogens is 436 g/mol. The van der Waals surface area contributed by atoms with Crippen LogP contribution in [0.2, 0.25) is 0 Å². The third kappa shape index (κ3) is 3.81. The lowest BCUT2D eigenvalue weighted by molar-refractivity contribution is -0.111. The van der Waals surface area contributed by atoms with E-state index in [0.29, 0.717) is 11.5 Å². The molecule has 5 nitrogen and oxygen atoms in total. The molecule has 3 N–H and O–H groups in total. The maximum atomic E-state index is 12.2. The first-order valence-electron chi connectivity index (χ1n) is 8.42. The van der Waals surface area contributed by atoms with Crippen molar-refractivity contribution in [1.29, 1.82) is 0 Å². The molecule has 0 atom stereocenters. The van der Waals surface area contributed by atoms with Gasteiger partial charge in [-0.1, -0.05) is 28.1 Å². The highest BCUT2D eigenvalue weighted by molar-refractivity contribution is 9.10. The molecule has 0 aliphatic carbocycles. The lowest BCUT2D eigenvalue weighted by Gasteiger charge is -2.04. The van der Waals surface area contributed by atoms with Gasteiger partial charge in [-0.15, -0.1) is 11.3 Å². The molecule has 0 bridgehead atoms. The van der Waals surface area contributed by atoms with Crippen molar-refractivity contribution in [2.75, 3.05) is 11.1 Å². The zero-order valence-electron chi connectivity index (χ0n) is 14.6. The third-order valence-corrected chi connectivity index (χ3v) is 5.71. The van der Waals surface area contributed by atoms with Crippen LogP contribution in [0.15, 0.2) is 70.9 Å². The van der Waals surface area contributed by atoms with Gasteiger partial charge in [0.1, 0.15) is 5.82 Å². The van der Waals surface area contributed by atoms with Crippen LogP contribution >= 0.6 is 27.3 Å². The number of nitrogens with one attached hydrogen (secondary N) is 1. The number of nitrogens with zero attached hydrogens (tertiary/aromatic N) is 2. The number of nitrogen functional groups attached to an aromatic ring is 1. The number of amides is 1. The van der Waals surface area contributed by atoms with E-state index in [1.165, 1.54) is 6.08 Å². The normalized spacial score (nSPS) is 11.2. The number of rotatable bonds is 4. The minimum Gasteiger partial charge on any atom is -0.383 e. The molecule has 4 aromatic rings. The molecule has 0 unspecified atom stereocenters. The van der Waals surface area contributed by atoms with Crippen LogP contribution in [0.3, 0.4) is 0 Å². The summed E-state index contributed by atoms with van der Waals surface area (Å²) in [4.78, 5) is 20.5. The first-order chi connectivity index (χ1) is 13.6. The number of fused-ring (bicyclic) bond motifs is 1. The molecule has 0 aliphatic rings. The Hall–Kier alpha value is -3.03. The second-order valence-corrected chi connectivity index (χ2v) is 7.82. The minimum absolute atomic E-state index is 0.234. The predicted octanol–water partition coefficient (Wildman–Crippen LogP) is 5.35. The van der Waals surface area contributed by atoms with Gasteiger partial charge in [-0.25, -0.2) is 4.98 Å². The SMILES string of the molecule is Nc1ncc(C=CC(=O)Nc2cccnc2)c2scc(-c3ccc(Br)cc3)c12. The Morgan fingerprint density at radius 1 is 1.18 bits per heavy atom. The van der Waals surface area contributed by atoms with E-state index in [4.69, 9.17) is 5.73 Å². The van der Waals surface area contributed by atoms with E-state index in [2.05, 4.69) is 36.6 Å². The first-order valence-corrected chi connectivity index (χ1v) is 10.1. The number of halogens is 1. The lowest BCUT2D eigenvalue weighted by Crippen LogP contribution is -2.07. The van der Waals surface area contributed by atoms with Gasteiger partial charge >= 0.3 is 0 Å². The second kappa shape index (κ2) is 7.92. The molecular formula is C21H15BrN4OS. The number of nitrogens with two attached hydrogens (primary N) is 1. The van der Waals surface area contributed by atoms with Crippen molar-refractivity contribution in [2.24, 2.45) is 0 Å². The molecule has 28 heavy (non-hydrogen) atoms. The summed E-state index contributed by atoms with van der Waals surface area (Å²) in [6.45, 7) is 0. The molecule has 1 amide bonds. The standard InChI is InChI=1S/C21H15BrN4OS/c22-15-6-3-13(4-7-15)17-12-28-20-14(10-25-21(23)19(17)20)5-8-18(27)26-16-2-1-9-24-11-16/h1-12H,(H2,23,25)(H,26,27). The van der Waals surface area contributed by atoms with Crippen molar-refractivity contribution in [3.63, 3.8) is 0 Å². The van der Waals surface area contributed by atoms with Gasteiger partial charge in [0.05, 0.1) is 11.9 Å². The predicted molar refractivity (Wildman–Crippen MR) is 119 cm³/mol. The van der Waals surface area contributed by atoms with Crippen LogP contribution in [0.4, 0.5) is 11.5 Å². The number of hydrogen-bond acceptors (Lipinski definition) is 5. The molecule has 4 rings (SSSR count). The van der Waals surface area contributed by atoms with E-state index in [-0.39, 0.29) is 5.91 Å². The Bertz CT molecular complexity index is 1170. The average molecular weight is 451 g/mol. The van der Waals surface area contributed by atoms with Gasteiger partial charge < -0.3 is 11.1 Å². The van der Waals surface area contributed by atoms with Crippen LogP contribution in [-0.2, 0) is 4.79 Å². The molecule has 0 radical (unpaired) electrons. The van der Waals surface area contributed by atoms with Crippen LogP contribution in [0.1, 0.15) is 5.56 Å². The highest BCUT2D eigenvalue weighted by atomic mass is 79.9. The number of carbonyl (C=O) groups excluding carboxylic acids is 1. The number of benzene rings is 1. The summed E-state index contributed by atoms with van der Waals surface area (Å²) in [5, 5.41) is 5.75. The Labute approximate surface area is 174 Å². The summed E-state index contributed by atoms with van der Waals surface area (Å²) < 4.78 is 2.01. The lowest BCUT2D eigenvalue weighted by atomic mass is 10.0. The number of hydrogen-bond donors (Lipinski definition) is 2. The number of thiophene rings is 1. The topological polar surface area (TPSA) is 80.9 Å². The quantitative estimate of drug-likeness (QED) is 0.410. The van der Waals surface area contributed by atoms with Gasteiger partial charge in [0, 0.05) is 44.2 Å². The molecule has 3 aromatic heterocycles. The zero-order valence-corrected chi connectivity index (χ0v) is 17.0. The van der Waals surface area contributed by atoms with Crippen molar-refractivity contribution in [2.45, 2.75) is 0 Å². The molecule has 0 saturated heterocycles. The summed E-state index contributed by atoms with van der Waals surface area (Å²) in [7, 11) is 0. The Morgan fingerprint density at radius 2 is 2.00 bits per heavy atom. The smallest absolute Gasteiger partial charge is 0.248 e. The summed E-state index contributed by atoms with van der Waals surface area (Å²) >= 11 is 5.04. The van der Waals surface area contributed by atoms with Gasteiger partial charge in [0.25, 0.3) is 0 Å². The van der Waals surface area contributed by atoms with Gasteiger partial charge in [-0.2, -0.15) is 0 Å². The number of pyridine rings is 2. The van der Waals surface area contributed by atoms with Crippen LogP contribution in [0.5, 0.6) is 0 Å². The number of aromatic nitrogens is 2. The summed E-state index contributed by atoms with van der Waals surface area (Å²) in [5.41, 5.74) is 9.77. The van der Waals surface area contributed by atoms with Crippen LogP contribution < -0.4 is 11.1 Å². The molecule has 3 heterocycles. The van der Waals surface area contributed by atoms with E-state index in [9.17, 15) is 4.79 Å². The molecule has 0 spiro atoms. The number of anilines is 2. The van der Waals surface area contributed by atoms with Crippen LogP contribution in [-0.4, -0.2) is 15.9 Å². The minimum atomic E-state index is -0.234. The van der Waals surface area contributed by atoms with Crippen molar-refractivity contribution < 1.29 is 4.79 Å². The average Bonchev–Trinajstić information content (AvgIpc) is 3.15. The third-order valence-electron chi connectivity index (χ3n) is 4.15. The van der Waals surface area contributed by atoms with E-state index in [0.717, 1.165) is 31.2 Å². The Balaban J connectivity index is 1.66. The fraction of sp³-hybridized carbons (Fsp3) is 0. The largest absolute Gasteiger partial charge is 0.383 e. The van der Waals surface area contributed by atoms with Gasteiger partial charge in [0.15, 0.2) is 0 Å². The van der Waals surface area contributed by atoms with Gasteiger partial charge in [-0.05, 0) is 41.3 Å². The van der Waals surface area contributed by atoms with Crippen LogP contribution in [0, 0.1) is 0 Å².